The first kappa shape index (κ1) is 14.5. The number of thioether (sulfide) groups is 1. The van der Waals surface area contributed by atoms with E-state index in [4.69, 9.17) is 0 Å². The molecule has 3 aromatic rings. The van der Waals surface area contributed by atoms with Gasteiger partial charge < -0.3 is 0 Å². The molecule has 0 spiro atoms. The third-order valence-electron chi connectivity index (χ3n) is 2.54. The molecule has 11 heteroatoms. The summed E-state index contributed by atoms with van der Waals surface area (Å²) >= 11 is 1.21. The number of fused-ring (bicyclic) bond motifs is 1. The Hall–Kier alpha value is -2.43. The molecule has 0 fully saturated rings. The van der Waals surface area contributed by atoms with Gasteiger partial charge in [0.25, 0.3) is 11.3 Å². The molecule has 0 aromatic carbocycles. The summed E-state index contributed by atoms with van der Waals surface area (Å²) in [4.78, 5) is 27.0. The molecule has 0 amide bonds. The SMILES string of the molecule is O=c1cc(CSc2ncccn2)nc2nc(C(F)(F)F)[nH]n12. The second kappa shape index (κ2) is 5.40. The second-order valence-electron chi connectivity index (χ2n) is 4.11. The van der Waals surface area contributed by atoms with Crippen molar-refractivity contribution >= 4 is 17.5 Å². The van der Waals surface area contributed by atoms with Crippen LogP contribution in [-0.2, 0) is 11.9 Å². The fraction of sp³-hybridized carbons (Fsp3) is 0.182. The molecule has 1 N–H and O–H groups in total. The minimum absolute atomic E-state index is 0.240. The van der Waals surface area contributed by atoms with E-state index in [1.807, 2.05) is 5.10 Å². The number of halogens is 3. The van der Waals surface area contributed by atoms with Crippen LogP contribution in [0.25, 0.3) is 5.78 Å². The lowest BCUT2D eigenvalue weighted by Crippen LogP contribution is -2.16. The number of alkyl halides is 3. The standard InChI is InChI=1S/C11H7F3N6OS/c12-11(13,14)8-18-9-17-6(4-7(21)20(9)19-8)5-22-10-15-2-1-3-16-10/h1-4H,5H2,(H,17,18,19). The smallest absolute Gasteiger partial charge is 0.267 e. The summed E-state index contributed by atoms with van der Waals surface area (Å²) in [6.07, 6.45) is -1.55. The van der Waals surface area contributed by atoms with Gasteiger partial charge in [0.15, 0.2) is 5.16 Å². The number of nitrogens with one attached hydrogen (secondary N) is 1. The van der Waals surface area contributed by atoms with Crippen molar-refractivity contribution in [1.29, 1.82) is 0 Å². The maximum atomic E-state index is 12.6. The summed E-state index contributed by atoms with van der Waals surface area (Å²) in [5.41, 5.74) is -0.375. The van der Waals surface area contributed by atoms with Crippen molar-refractivity contribution < 1.29 is 13.2 Å². The highest BCUT2D eigenvalue weighted by Crippen LogP contribution is 2.26. The predicted molar refractivity (Wildman–Crippen MR) is 70.2 cm³/mol. The lowest BCUT2D eigenvalue weighted by molar-refractivity contribution is -0.144. The van der Waals surface area contributed by atoms with E-state index in [0.29, 0.717) is 15.4 Å². The van der Waals surface area contributed by atoms with Crippen molar-refractivity contribution in [3.05, 3.63) is 46.4 Å². The van der Waals surface area contributed by atoms with Crippen molar-refractivity contribution in [2.24, 2.45) is 0 Å². The molecule has 0 bridgehead atoms. The Kier molecular flexibility index (Phi) is 3.56. The van der Waals surface area contributed by atoms with Crippen LogP contribution < -0.4 is 5.56 Å². The van der Waals surface area contributed by atoms with E-state index in [1.165, 1.54) is 11.8 Å². The van der Waals surface area contributed by atoms with Crippen molar-refractivity contribution in [3.63, 3.8) is 0 Å². The number of hydrogen-bond acceptors (Lipinski definition) is 6. The molecule has 0 saturated heterocycles. The molecule has 3 heterocycles. The molecule has 7 nitrogen and oxygen atoms in total. The Morgan fingerprint density at radius 1 is 1.23 bits per heavy atom. The largest absolute Gasteiger partial charge is 0.451 e. The van der Waals surface area contributed by atoms with E-state index in [1.54, 1.807) is 18.5 Å². The van der Waals surface area contributed by atoms with Gasteiger partial charge in [-0.25, -0.2) is 15.0 Å². The van der Waals surface area contributed by atoms with Crippen LogP contribution in [0.2, 0.25) is 0 Å². The number of aromatic amines is 1. The van der Waals surface area contributed by atoms with E-state index in [0.717, 1.165) is 6.07 Å². The summed E-state index contributed by atoms with van der Waals surface area (Å²) in [6.45, 7) is 0. The molecule has 0 aliphatic carbocycles. The fourth-order valence-electron chi connectivity index (χ4n) is 1.63. The minimum Gasteiger partial charge on any atom is -0.267 e. The van der Waals surface area contributed by atoms with Gasteiger partial charge in [-0.3, -0.25) is 9.89 Å². The van der Waals surface area contributed by atoms with Gasteiger partial charge in [-0.2, -0.15) is 22.7 Å². The van der Waals surface area contributed by atoms with Gasteiger partial charge in [0.2, 0.25) is 5.82 Å². The molecule has 3 rings (SSSR count). The number of aromatic nitrogens is 6. The van der Waals surface area contributed by atoms with Crippen LogP contribution in [0.4, 0.5) is 13.2 Å². The maximum Gasteiger partial charge on any atom is 0.451 e. The lowest BCUT2D eigenvalue weighted by Gasteiger charge is -1.99. The van der Waals surface area contributed by atoms with Crippen LogP contribution >= 0.6 is 11.8 Å². The molecule has 22 heavy (non-hydrogen) atoms. The van der Waals surface area contributed by atoms with E-state index < -0.39 is 17.6 Å². The third-order valence-corrected chi connectivity index (χ3v) is 3.45. The van der Waals surface area contributed by atoms with Crippen molar-refractivity contribution in [3.8, 4) is 0 Å². The first-order valence-corrected chi connectivity index (χ1v) is 6.88. The lowest BCUT2D eigenvalue weighted by atomic mass is 10.4. The summed E-state index contributed by atoms with van der Waals surface area (Å²) in [6, 6.07) is 2.80. The zero-order valence-corrected chi connectivity index (χ0v) is 11.5. The summed E-state index contributed by atoms with van der Waals surface area (Å²) in [5, 5.41) is 2.35. The zero-order chi connectivity index (χ0) is 15.7. The molecule has 0 atom stereocenters. The first-order valence-electron chi connectivity index (χ1n) is 5.89. The van der Waals surface area contributed by atoms with Crippen LogP contribution in [0.3, 0.4) is 0 Å². The van der Waals surface area contributed by atoms with Gasteiger partial charge in [-0.15, -0.1) is 0 Å². The monoisotopic (exact) mass is 328 g/mol. The normalized spacial score (nSPS) is 12.0. The Morgan fingerprint density at radius 3 is 2.64 bits per heavy atom. The average molecular weight is 328 g/mol. The highest BCUT2D eigenvalue weighted by atomic mass is 32.2. The van der Waals surface area contributed by atoms with Gasteiger partial charge in [0.1, 0.15) is 0 Å². The molecule has 0 saturated carbocycles. The molecular weight excluding hydrogens is 321 g/mol. The van der Waals surface area contributed by atoms with Crippen molar-refractivity contribution in [1.82, 2.24) is 29.5 Å². The van der Waals surface area contributed by atoms with E-state index in [-0.39, 0.29) is 11.5 Å². The number of hydrogen-bond donors (Lipinski definition) is 1. The Balaban J connectivity index is 1.90. The quantitative estimate of drug-likeness (QED) is 0.579. The van der Waals surface area contributed by atoms with Crippen molar-refractivity contribution in [2.75, 3.05) is 0 Å². The van der Waals surface area contributed by atoms with E-state index in [2.05, 4.69) is 19.9 Å². The Labute approximate surface area is 124 Å². The number of H-pyrrole nitrogens is 1. The number of nitrogens with zero attached hydrogens (tertiary/aromatic N) is 5. The highest BCUT2D eigenvalue weighted by molar-refractivity contribution is 7.98. The van der Waals surface area contributed by atoms with Crippen LogP contribution in [-0.4, -0.2) is 29.5 Å². The summed E-state index contributed by atoms with van der Waals surface area (Å²) < 4.78 is 38.4. The second-order valence-corrected chi connectivity index (χ2v) is 5.05. The molecule has 0 aliphatic rings. The van der Waals surface area contributed by atoms with E-state index >= 15 is 0 Å². The van der Waals surface area contributed by atoms with Gasteiger partial charge in [0, 0.05) is 24.2 Å². The molecular formula is C11H7F3N6OS. The summed E-state index contributed by atoms with van der Waals surface area (Å²) in [7, 11) is 0. The van der Waals surface area contributed by atoms with Crippen LogP contribution in [0.1, 0.15) is 11.5 Å². The average Bonchev–Trinajstić information content (AvgIpc) is 2.91. The summed E-state index contributed by atoms with van der Waals surface area (Å²) in [5.74, 6) is -1.36. The van der Waals surface area contributed by atoms with Gasteiger partial charge in [-0.1, -0.05) is 11.8 Å². The molecule has 0 aliphatic heterocycles. The first-order chi connectivity index (χ1) is 10.4. The van der Waals surface area contributed by atoms with Gasteiger partial charge in [-0.05, 0) is 6.07 Å². The molecule has 3 aromatic heterocycles. The molecule has 0 unspecified atom stereocenters. The number of rotatable bonds is 3. The van der Waals surface area contributed by atoms with E-state index in [9.17, 15) is 18.0 Å². The molecule has 0 radical (unpaired) electrons. The maximum absolute atomic E-state index is 12.6. The van der Waals surface area contributed by atoms with Gasteiger partial charge in [0.05, 0.1) is 5.69 Å². The van der Waals surface area contributed by atoms with Gasteiger partial charge >= 0.3 is 6.18 Å². The minimum atomic E-state index is -4.67. The van der Waals surface area contributed by atoms with Crippen molar-refractivity contribution in [2.45, 2.75) is 17.1 Å². The molecule has 114 valence electrons. The Morgan fingerprint density at radius 2 is 1.95 bits per heavy atom. The van der Waals surface area contributed by atoms with Crippen LogP contribution in [0, 0.1) is 0 Å². The topological polar surface area (TPSA) is 88.8 Å². The van der Waals surface area contributed by atoms with Crippen LogP contribution in [0.5, 0.6) is 0 Å². The highest BCUT2D eigenvalue weighted by Gasteiger charge is 2.35. The zero-order valence-electron chi connectivity index (χ0n) is 10.7. The fourth-order valence-corrected chi connectivity index (χ4v) is 2.32. The van der Waals surface area contributed by atoms with Crippen LogP contribution in [0.15, 0.2) is 34.5 Å². The Bertz CT molecular complexity index is 860. The predicted octanol–water partition coefficient (Wildman–Crippen LogP) is 1.52. The third kappa shape index (κ3) is 2.93.